The summed E-state index contributed by atoms with van der Waals surface area (Å²) in [6.07, 6.45) is 0.582. The zero-order valence-electron chi connectivity index (χ0n) is 17.1. The topological polar surface area (TPSA) is 60.7 Å². The number of hydrogen-bond acceptors (Lipinski definition) is 3. The molecule has 29 heavy (non-hydrogen) atoms. The number of hydrogen-bond donors (Lipinski definition) is 1. The van der Waals surface area contributed by atoms with Crippen LogP contribution in [0, 0.1) is 13.8 Å². The van der Waals surface area contributed by atoms with Gasteiger partial charge < -0.3 is 19.1 Å². The average Bonchev–Trinajstić information content (AvgIpc) is 3.12. The summed E-state index contributed by atoms with van der Waals surface area (Å²) in [5, 5.41) is 9.08. The minimum atomic E-state index is -0.796. The van der Waals surface area contributed by atoms with Gasteiger partial charge in [-0.15, -0.1) is 0 Å². The molecule has 3 rings (SSSR count). The fourth-order valence-electron chi connectivity index (χ4n) is 3.37. The van der Waals surface area contributed by atoms with E-state index in [4.69, 9.17) is 14.6 Å². The Bertz CT molecular complexity index is 973. The zero-order chi connectivity index (χ0) is 20.8. The molecule has 0 saturated carbocycles. The van der Waals surface area contributed by atoms with E-state index in [2.05, 4.69) is 24.5 Å². The van der Waals surface area contributed by atoms with Crippen molar-refractivity contribution in [2.24, 2.45) is 0 Å². The molecule has 0 radical (unpaired) electrons. The van der Waals surface area contributed by atoms with Gasteiger partial charge in [0.15, 0.2) is 0 Å². The van der Waals surface area contributed by atoms with Crippen LogP contribution in [-0.4, -0.2) is 29.4 Å². The number of nitrogens with zero attached hydrogens (tertiary/aromatic N) is 1. The molecule has 0 aliphatic heterocycles. The van der Waals surface area contributed by atoms with E-state index in [-0.39, 0.29) is 6.42 Å². The standard InChI is InChI=1S/C24H27NO4/c1-17-5-4-6-23(18(17)2)29-16-15-25-20(10-14-24(26)27)9-13-22(25)19-7-11-21(28-3)12-8-19/h4-9,11-13H,10,14-16H2,1-3H3,(H,26,27). The summed E-state index contributed by atoms with van der Waals surface area (Å²) in [5.41, 5.74) is 5.42. The SMILES string of the molecule is COc1ccc(-c2ccc(CCC(=O)O)n2CCOc2cccc(C)c2C)cc1. The summed E-state index contributed by atoms with van der Waals surface area (Å²) in [6, 6.07) is 18.0. The highest BCUT2D eigenvalue weighted by Gasteiger charge is 2.12. The Morgan fingerprint density at radius 1 is 1.03 bits per heavy atom. The predicted octanol–water partition coefficient (Wildman–Crippen LogP) is 4.88. The quantitative estimate of drug-likeness (QED) is 0.563. The largest absolute Gasteiger partial charge is 0.497 e. The van der Waals surface area contributed by atoms with Gasteiger partial charge in [0.05, 0.1) is 20.1 Å². The van der Waals surface area contributed by atoms with Crippen molar-refractivity contribution in [2.45, 2.75) is 33.2 Å². The molecule has 152 valence electrons. The molecule has 0 amide bonds. The van der Waals surface area contributed by atoms with E-state index < -0.39 is 5.97 Å². The number of aromatic nitrogens is 1. The summed E-state index contributed by atoms with van der Waals surface area (Å²) in [7, 11) is 1.65. The van der Waals surface area contributed by atoms with Gasteiger partial charge in [0.2, 0.25) is 0 Å². The first-order chi connectivity index (χ1) is 14.0. The molecule has 0 atom stereocenters. The maximum Gasteiger partial charge on any atom is 0.303 e. The first-order valence-electron chi connectivity index (χ1n) is 9.73. The highest BCUT2D eigenvalue weighted by atomic mass is 16.5. The van der Waals surface area contributed by atoms with Gasteiger partial charge in [0.1, 0.15) is 18.1 Å². The Hall–Kier alpha value is -3.21. The minimum Gasteiger partial charge on any atom is -0.497 e. The highest BCUT2D eigenvalue weighted by molar-refractivity contribution is 5.67. The molecule has 0 spiro atoms. The van der Waals surface area contributed by atoms with Crippen molar-refractivity contribution in [3.8, 4) is 22.8 Å². The third-order valence-electron chi connectivity index (χ3n) is 5.18. The van der Waals surface area contributed by atoms with Crippen LogP contribution in [0.3, 0.4) is 0 Å². The van der Waals surface area contributed by atoms with Crippen molar-refractivity contribution in [3.63, 3.8) is 0 Å². The second-order valence-electron chi connectivity index (χ2n) is 7.03. The molecule has 0 bridgehead atoms. The van der Waals surface area contributed by atoms with E-state index in [1.165, 1.54) is 5.56 Å². The van der Waals surface area contributed by atoms with Crippen molar-refractivity contribution in [1.29, 1.82) is 0 Å². The van der Waals surface area contributed by atoms with Crippen molar-refractivity contribution in [2.75, 3.05) is 13.7 Å². The van der Waals surface area contributed by atoms with E-state index in [0.29, 0.717) is 19.6 Å². The van der Waals surface area contributed by atoms with E-state index in [9.17, 15) is 4.79 Å². The molecule has 0 aliphatic rings. The minimum absolute atomic E-state index is 0.101. The zero-order valence-corrected chi connectivity index (χ0v) is 17.1. The van der Waals surface area contributed by atoms with Crippen molar-refractivity contribution in [3.05, 3.63) is 71.4 Å². The van der Waals surface area contributed by atoms with Crippen molar-refractivity contribution < 1.29 is 19.4 Å². The van der Waals surface area contributed by atoms with Crippen LogP contribution in [0.1, 0.15) is 23.2 Å². The molecule has 1 N–H and O–H groups in total. The highest BCUT2D eigenvalue weighted by Crippen LogP contribution is 2.26. The van der Waals surface area contributed by atoms with E-state index in [1.807, 2.05) is 48.5 Å². The van der Waals surface area contributed by atoms with Crippen LogP contribution in [0.4, 0.5) is 0 Å². The molecule has 5 heteroatoms. The summed E-state index contributed by atoms with van der Waals surface area (Å²) in [6.45, 7) is 5.26. The van der Waals surface area contributed by atoms with Gasteiger partial charge in [-0.05, 0) is 79.4 Å². The molecular formula is C24H27NO4. The maximum atomic E-state index is 11.1. The Morgan fingerprint density at radius 2 is 1.79 bits per heavy atom. The first kappa shape index (κ1) is 20.5. The predicted molar refractivity (Wildman–Crippen MR) is 114 cm³/mol. The molecule has 0 fully saturated rings. The van der Waals surface area contributed by atoms with Crippen LogP contribution in [0.2, 0.25) is 0 Å². The van der Waals surface area contributed by atoms with E-state index >= 15 is 0 Å². The summed E-state index contributed by atoms with van der Waals surface area (Å²) in [4.78, 5) is 11.1. The fraction of sp³-hybridized carbons (Fsp3) is 0.292. The van der Waals surface area contributed by atoms with E-state index in [1.54, 1.807) is 7.11 Å². The lowest BCUT2D eigenvalue weighted by Gasteiger charge is -2.16. The summed E-state index contributed by atoms with van der Waals surface area (Å²) in [5.74, 6) is 0.891. The maximum absolute atomic E-state index is 11.1. The molecule has 1 heterocycles. The number of carbonyl (C=O) groups is 1. The van der Waals surface area contributed by atoms with Gasteiger partial charge in [-0.3, -0.25) is 4.79 Å². The van der Waals surface area contributed by atoms with Gasteiger partial charge in [-0.25, -0.2) is 0 Å². The number of carboxylic acids is 1. The van der Waals surface area contributed by atoms with Crippen molar-refractivity contribution >= 4 is 5.97 Å². The lowest BCUT2D eigenvalue weighted by atomic mass is 10.1. The van der Waals surface area contributed by atoms with Gasteiger partial charge in [-0.2, -0.15) is 0 Å². The first-order valence-corrected chi connectivity index (χ1v) is 9.73. The van der Waals surface area contributed by atoms with Gasteiger partial charge in [0.25, 0.3) is 0 Å². The van der Waals surface area contributed by atoms with Crippen LogP contribution in [0.15, 0.2) is 54.6 Å². The molecule has 1 aromatic heterocycles. The second-order valence-corrected chi connectivity index (χ2v) is 7.03. The molecule has 0 aliphatic carbocycles. The Morgan fingerprint density at radius 3 is 2.48 bits per heavy atom. The normalized spacial score (nSPS) is 10.7. The fourth-order valence-corrected chi connectivity index (χ4v) is 3.37. The number of ether oxygens (including phenoxy) is 2. The van der Waals surface area contributed by atoms with Gasteiger partial charge in [-0.1, -0.05) is 12.1 Å². The lowest BCUT2D eigenvalue weighted by molar-refractivity contribution is -0.136. The second kappa shape index (κ2) is 9.32. The molecular weight excluding hydrogens is 366 g/mol. The average molecular weight is 393 g/mol. The smallest absolute Gasteiger partial charge is 0.303 e. The summed E-state index contributed by atoms with van der Waals surface area (Å²) >= 11 is 0. The molecule has 0 saturated heterocycles. The number of rotatable bonds is 9. The lowest BCUT2D eigenvalue weighted by Crippen LogP contribution is -2.13. The molecule has 5 nitrogen and oxygen atoms in total. The number of methoxy groups -OCH3 is 1. The van der Waals surface area contributed by atoms with Crippen LogP contribution in [0.25, 0.3) is 11.3 Å². The van der Waals surface area contributed by atoms with Gasteiger partial charge >= 0.3 is 5.97 Å². The monoisotopic (exact) mass is 393 g/mol. The number of aryl methyl sites for hydroxylation is 2. The van der Waals surface area contributed by atoms with Crippen LogP contribution in [-0.2, 0) is 17.8 Å². The Balaban J connectivity index is 1.82. The summed E-state index contributed by atoms with van der Waals surface area (Å²) < 4.78 is 13.4. The number of aliphatic carboxylic acids is 1. The Labute approximate surface area is 171 Å². The molecule has 0 unspecified atom stereocenters. The number of benzene rings is 2. The van der Waals surface area contributed by atoms with Crippen LogP contribution in [0.5, 0.6) is 11.5 Å². The van der Waals surface area contributed by atoms with E-state index in [0.717, 1.165) is 34.0 Å². The van der Waals surface area contributed by atoms with Gasteiger partial charge in [0, 0.05) is 11.4 Å². The third-order valence-corrected chi connectivity index (χ3v) is 5.18. The van der Waals surface area contributed by atoms with Crippen LogP contribution >= 0.6 is 0 Å². The molecule has 2 aromatic carbocycles. The van der Waals surface area contributed by atoms with Crippen molar-refractivity contribution in [1.82, 2.24) is 4.57 Å². The van der Waals surface area contributed by atoms with Crippen LogP contribution < -0.4 is 9.47 Å². The Kier molecular flexibility index (Phi) is 6.60. The molecule has 3 aromatic rings. The third kappa shape index (κ3) is 4.99. The number of carboxylic acid groups (broad SMARTS) is 1.